The normalized spacial score (nSPS) is 14.8. The molecule has 5 rings (SSSR count). The van der Waals surface area contributed by atoms with Gasteiger partial charge in [0.15, 0.2) is 5.79 Å². The Labute approximate surface area is 223 Å². The molecule has 0 spiro atoms. The highest BCUT2D eigenvalue weighted by atomic mass is 35.5. The molecule has 7 nitrogen and oxygen atoms in total. The van der Waals surface area contributed by atoms with Crippen LogP contribution >= 0.6 is 11.6 Å². The quantitative estimate of drug-likeness (QED) is 0.276. The Kier molecular flexibility index (Phi) is 7.24. The van der Waals surface area contributed by atoms with E-state index >= 15 is 0 Å². The molecule has 0 unspecified atom stereocenters. The molecule has 1 aliphatic rings. The van der Waals surface area contributed by atoms with E-state index in [0.717, 1.165) is 27.7 Å². The molecule has 1 aliphatic heterocycles. The van der Waals surface area contributed by atoms with E-state index in [1.165, 1.54) is 18.2 Å². The van der Waals surface area contributed by atoms with E-state index in [4.69, 9.17) is 21.1 Å². The molecule has 1 fully saturated rings. The predicted molar refractivity (Wildman–Crippen MR) is 144 cm³/mol. The molecule has 0 aliphatic carbocycles. The molecule has 2 heterocycles. The van der Waals surface area contributed by atoms with Gasteiger partial charge in [0.1, 0.15) is 0 Å². The number of fused-ring (bicyclic) bond motifs is 1. The molecule has 4 aromatic rings. The molecular formula is C30H24ClNO6. The lowest BCUT2D eigenvalue weighted by Crippen LogP contribution is -2.28. The Morgan fingerprint density at radius 1 is 0.921 bits per heavy atom. The lowest BCUT2D eigenvalue weighted by atomic mass is 9.93. The van der Waals surface area contributed by atoms with Crippen LogP contribution < -0.4 is 0 Å². The summed E-state index contributed by atoms with van der Waals surface area (Å²) in [6, 6.07) is 21.3. The molecule has 0 radical (unpaired) electrons. The van der Waals surface area contributed by atoms with Gasteiger partial charge in [-0.15, -0.1) is 0 Å². The van der Waals surface area contributed by atoms with Crippen LogP contribution in [0, 0.1) is 0 Å². The summed E-state index contributed by atoms with van der Waals surface area (Å²) in [4.78, 5) is 27.8. The first-order valence-corrected chi connectivity index (χ1v) is 12.4. The van der Waals surface area contributed by atoms with Gasteiger partial charge in [0.05, 0.1) is 35.6 Å². The maximum Gasteiger partial charge on any atom is 0.335 e. The molecule has 1 saturated heterocycles. The number of aryl methyl sites for hydroxylation is 1. The minimum atomic E-state index is -1.12. The maximum absolute atomic E-state index is 11.7. The average molecular weight is 530 g/mol. The molecule has 0 bridgehead atoms. The van der Waals surface area contributed by atoms with Gasteiger partial charge in [-0.3, -0.25) is 0 Å². The highest BCUT2D eigenvalue weighted by Crippen LogP contribution is 2.37. The number of pyridine rings is 1. The van der Waals surface area contributed by atoms with E-state index in [2.05, 4.69) is 4.98 Å². The van der Waals surface area contributed by atoms with E-state index in [9.17, 15) is 19.8 Å². The van der Waals surface area contributed by atoms with Gasteiger partial charge < -0.3 is 19.7 Å². The number of hydrogen-bond donors (Lipinski definition) is 2. The second-order valence-electron chi connectivity index (χ2n) is 8.96. The zero-order chi connectivity index (χ0) is 26.7. The standard InChI is InChI=1S/C30H24ClNO6/c31-24-8-5-20-6-10-25(32-27(20)18-24)9-4-19-2-1-3-23(16-19)30(37-14-15-38-30)13-12-21-17-22(28(33)34)7-11-26(21)29(35)36/h1-11,16-18H,12-15H2,(H,33,34)(H,35,36)/b9-4+. The monoisotopic (exact) mass is 529 g/mol. The van der Waals surface area contributed by atoms with Crippen LogP contribution in [-0.4, -0.2) is 40.3 Å². The number of rotatable bonds is 8. The molecule has 0 atom stereocenters. The van der Waals surface area contributed by atoms with Gasteiger partial charge in [0, 0.05) is 22.4 Å². The number of nitrogens with zero attached hydrogens (tertiary/aromatic N) is 1. The summed E-state index contributed by atoms with van der Waals surface area (Å²) in [5.74, 6) is -3.30. The van der Waals surface area contributed by atoms with Crippen molar-refractivity contribution in [3.63, 3.8) is 0 Å². The fourth-order valence-corrected chi connectivity index (χ4v) is 4.78. The van der Waals surface area contributed by atoms with Crippen LogP contribution in [0.15, 0.2) is 72.8 Å². The number of benzene rings is 3. The molecule has 0 saturated carbocycles. The molecule has 8 heteroatoms. The first-order valence-electron chi connectivity index (χ1n) is 12.1. The van der Waals surface area contributed by atoms with Crippen molar-refractivity contribution in [1.29, 1.82) is 0 Å². The topological polar surface area (TPSA) is 106 Å². The van der Waals surface area contributed by atoms with Crippen LogP contribution in [0.1, 0.15) is 49.5 Å². The van der Waals surface area contributed by atoms with Crippen LogP contribution in [0.4, 0.5) is 0 Å². The summed E-state index contributed by atoms with van der Waals surface area (Å²) in [6.45, 7) is 0.787. The van der Waals surface area contributed by atoms with Crippen molar-refractivity contribution < 1.29 is 29.3 Å². The largest absolute Gasteiger partial charge is 0.478 e. The highest BCUT2D eigenvalue weighted by molar-refractivity contribution is 6.31. The number of carbonyl (C=O) groups is 2. The number of carboxylic acid groups (broad SMARTS) is 2. The second kappa shape index (κ2) is 10.8. The summed E-state index contributed by atoms with van der Waals surface area (Å²) in [7, 11) is 0. The minimum absolute atomic E-state index is 0.0315. The van der Waals surface area contributed by atoms with Gasteiger partial charge >= 0.3 is 11.9 Å². The predicted octanol–water partition coefficient (Wildman–Crippen LogP) is 6.29. The fraction of sp³-hybridized carbons (Fsp3) is 0.167. The molecule has 0 amide bonds. The Morgan fingerprint density at radius 3 is 2.47 bits per heavy atom. The Bertz CT molecular complexity index is 1560. The number of carboxylic acids is 2. The van der Waals surface area contributed by atoms with Crippen molar-refractivity contribution >= 4 is 46.6 Å². The molecule has 38 heavy (non-hydrogen) atoms. The van der Waals surface area contributed by atoms with E-state index < -0.39 is 17.7 Å². The lowest BCUT2D eigenvalue weighted by Gasteiger charge is -2.28. The molecule has 2 N–H and O–H groups in total. The summed E-state index contributed by atoms with van der Waals surface area (Å²) in [6.07, 6.45) is 4.44. The summed E-state index contributed by atoms with van der Waals surface area (Å²) >= 11 is 6.11. The summed E-state index contributed by atoms with van der Waals surface area (Å²) in [5.41, 5.74) is 3.80. The van der Waals surface area contributed by atoms with Crippen LogP contribution in [0.25, 0.3) is 23.1 Å². The maximum atomic E-state index is 11.7. The first kappa shape index (κ1) is 25.6. The minimum Gasteiger partial charge on any atom is -0.478 e. The number of aromatic nitrogens is 1. The zero-order valence-corrected chi connectivity index (χ0v) is 21.0. The van der Waals surface area contributed by atoms with Crippen LogP contribution in [0.3, 0.4) is 0 Å². The van der Waals surface area contributed by atoms with Gasteiger partial charge in [-0.25, -0.2) is 14.6 Å². The fourth-order valence-electron chi connectivity index (χ4n) is 4.61. The van der Waals surface area contributed by atoms with Crippen LogP contribution in [-0.2, 0) is 21.7 Å². The number of ether oxygens (including phenoxy) is 2. The van der Waals surface area contributed by atoms with Crippen molar-refractivity contribution in [2.75, 3.05) is 13.2 Å². The zero-order valence-electron chi connectivity index (χ0n) is 20.3. The van der Waals surface area contributed by atoms with Crippen LogP contribution in [0.2, 0.25) is 5.02 Å². The van der Waals surface area contributed by atoms with Crippen molar-refractivity contribution in [3.05, 3.63) is 111 Å². The molecule has 1 aromatic heterocycles. The molecular weight excluding hydrogens is 506 g/mol. The second-order valence-corrected chi connectivity index (χ2v) is 9.40. The third-order valence-electron chi connectivity index (χ3n) is 6.51. The van der Waals surface area contributed by atoms with Crippen molar-refractivity contribution in [1.82, 2.24) is 4.98 Å². The van der Waals surface area contributed by atoms with Gasteiger partial charge in [0.25, 0.3) is 0 Å². The molecule has 192 valence electrons. The van der Waals surface area contributed by atoms with E-state index in [1.54, 1.807) is 0 Å². The number of halogens is 1. The van der Waals surface area contributed by atoms with E-state index in [1.807, 2.05) is 66.7 Å². The Hall–Kier alpha value is -4.04. The van der Waals surface area contributed by atoms with Gasteiger partial charge in [-0.05, 0) is 66.1 Å². The summed E-state index contributed by atoms with van der Waals surface area (Å²) in [5, 5.41) is 20.6. The molecule has 3 aromatic carbocycles. The summed E-state index contributed by atoms with van der Waals surface area (Å²) < 4.78 is 12.1. The van der Waals surface area contributed by atoms with Gasteiger partial charge in [-0.1, -0.05) is 48.0 Å². The van der Waals surface area contributed by atoms with E-state index in [0.29, 0.717) is 30.2 Å². The number of hydrogen-bond acceptors (Lipinski definition) is 5. The smallest absolute Gasteiger partial charge is 0.335 e. The first-order chi connectivity index (χ1) is 18.3. The SMILES string of the molecule is O=C(O)c1ccc(C(=O)O)c(CCC2(c3cccc(/C=C/c4ccc5ccc(Cl)cc5n4)c3)OCCO2)c1. The third kappa shape index (κ3) is 5.45. The Balaban J connectivity index is 1.40. The number of aromatic carboxylic acids is 2. The van der Waals surface area contributed by atoms with Crippen LogP contribution in [0.5, 0.6) is 0 Å². The third-order valence-corrected chi connectivity index (χ3v) is 6.74. The van der Waals surface area contributed by atoms with Gasteiger partial charge in [-0.2, -0.15) is 0 Å². The van der Waals surface area contributed by atoms with Crippen molar-refractivity contribution in [3.8, 4) is 0 Å². The average Bonchev–Trinajstić information content (AvgIpc) is 3.40. The van der Waals surface area contributed by atoms with Crippen molar-refractivity contribution in [2.45, 2.75) is 18.6 Å². The van der Waals surface area contributed by atoms with Crippen molar-refractivity contribution in [2.24, 2.45) is 0 Å². The Morgan fingerprint density at radius 2 is 1.71 bits per heavy atom. The highest BCUT2D eigenvalue weighted by Gasteiger charge is 2.38. The lowest BCUT2D eigenvalue weighted by molar-refractivity contribution is -0.170. The van der Waals surface area contributed by atoms with Gasteiger partial charge in [0.2, 0.25) is 0 Å². The van der Waals surface area contributed by atoms with E-state index in [-0.39, 0.29) is 17.5 Å².